The van der Waals surface area contributed by atoms with Gasteiger partial charge in [-0.15, -0.1) is 0 Å². The van der Waals surface area contributed by atoms with Crippen LogP contribution in [-0.2, 0) is 4.74 Å². The molecule has 0 fully saturated rings. The molecule has 2 heteroatoms. The largest absolute Gasteiger partial charge is 0.367 e. The second-order valence-electron chi connectivity index (χ2n) is 5.24. The van der Waals surface area contributed by atoms with Gasteiger partial charge in [-0.1, -0.05) is 52.0 Å². The number of hydrogen-bond donors (Lipinski definition) is 0. The van der Waals surface area contributed by atoms with Crippen molar-refractivity contribution in [3.05, 3.63) is 35.4 Å². The maximum atomic E-state index is 12.7. The molecule has 0 aliphatic carbocycles. The zero-order valence-corrected chi connectivity index (χ0v) is 12.8. The standard InChI is InChI=1S/C17H26O2/c1-6-17(7-2,19-8-3)16(18)15-11-9-14(10-12-15)13(4)5/h9-13H,6-8H2,1-5H3. The average molecular weight is 262 g/mol. The summed E-state index contributed by atoms with van der Waals surface area (Å²) in [7, 11) is 0. The Bertz CT molecular complexity index is 400. The SMILES string of the molecule is CCOC(CC)(CC)C(=O)c1ccc(C(C)C)cc1. The van der Waals surface area contributed by atoms with Crippen LogP contribution in [0.5, 0.6) is 0 Å². The third-order valence-corrected chi connectivity index (χ3v) is 3.82. The zero-order valence-electron chi connectivity index (χ0n) is 12.8. The van der Waals surface area contributed by atoms with E-state index < -0.39 is 5.60 Å². The second-order valence-corrected chi connectivity index (χ2v) is 5.24. The number of benzene rings is 1. The van der Waals surface area contributed by atoms with E-state index in [0.717, 1.165) is 5.56 Å². The average Bonchev–Trinajstić information content (AvgIpc) is 2.44. The molecule has 19 heavy (non-hydrogen) atoms. The van der Waals surface area contributed by atoms with Gasteiger partial charge in [0.15, 0.2) is 5.78 Å². The van der Waals surface area contributed by atoms with Gasteiger partial charge in [0.2, 0.25) is 0 Å². The smallest absolute Gasteiger partial charge is 0.194 e. The fourth-order valence-electron chi connectivity index (χ4n) is 2.40. The van der Waals surface area contributed by atoms with E-state index in [1.807, 2.05) is 45.0 Å². The van der Waals surface area contributed by atoms with E-state index in [4.69, 9.17) is 4.74 Å². The van der Waals surface area contributed by atoms with Crippen LogP contribution in [0.2, 0.25) is 0 Å². The van der Waals surface area contributed by atoms with Crippen molar-refractivity contribution in [3.8, 4) is 0 Å². The molecule has 0 bridgehead atoms. The van der Waals surface area contributed by atoms with E-state index in [1.54, 1.807) is 0 Å². The van der Waals surface area contributed by atoms with Gasteiger partial charge in [0.1, 0.15) is 5.60 Å². The molecule has 0 spiro atoms. The van der Waals surface area contributed by atoms with Crippen LogP contribution in [0, 0.1) is 0 Å². The van der Waals surface area contributed by atoms with E-state index in [-0.39, 0.29) is 5.78 Å². The molecule has 0 unspecified atom stereocenters. The van der Waals surface area contributed by atoms with Gasteiger partial charge in [-0.3, -0.25) is 4.79 Å². The van der Waals surface area contributed by atoms with Crippen LogP contribution in [0.3, 0.4) is 0 Å². The first-order valence-corrected chi connectivity index (χ1v) is 7.29. The number of rotatable bonds is 7. The van der Waals surface area contributed by atoms with Gasteiger partial charge in [-0.05, 0) is 31.2 Å². The van der Waals surface area contributed by atoms with Gasteiger partial charge in [-0.2, -0.15) is 0 Å². The Kier molecular flexibility index (Phi) is 5.74. The van der Waals surface area contributed by atoms with Crippen LogP contribution in [0.15, 0.2) is 24.3 Å². The molecule has 0 saturated carbocycles. The van der Waals surface area contributed by atoms with Gasteiger partial charge in [0.05, 0.1) is 0 Å². The minimum atomic E-state index is -0.659. The predicted octanol–water partition coefficient (Wildman–Crippen LogP) is 4.59. The molecule has 0 heterocycles. The highest BCUT2D eigenvalue weighted by Gasteiger charge is 2.35. The molecule has 0 aromatic heterocycles. The monoisotopic (exact) mass is 262 g/mol. The number of carbonyl (C=O) groups excluding carboxylic acids is 1. The Hall–Kier alpha value is -1.15. The number of carbonyl (C=O) groups is 1. The topological polar surface area (TPSA) is 26.3 Å². The van der Waals surface area contributed by atoms with Crippen LogP contribution in [-0.4, -0.2) is 18.0 Å². The maximum absolute atomic E-state index is 12.7. The lowest BCUT2D eigenvalue weighted by Crippen LogP contribution is -2.40. The Morgan fingerprint density at radius 3 is 2.00 bits per heavy atom. The summed E-state index contributed by atoms with van der Waals surface area (Å²) in [5, 5.41) is 0. The van der Waals surface area contributed by atoms with Crippen molar-refractivity contribution in [1.29, 1.82) is 0 Å². The molecule has 0 aliphatic heterocycles. The third kappa shape index (κ3) is 3.44. The lowest BCUT2D eigenvalue weighted by molar-refractivity contribution is -0.0250. The molecule has 0 saturated heterocycles. The predicted molar refractivity (Wildman–Crippen MR) is 79.8 cm³/mol. The number of Topliss-reactive ketones (excluding diaryl/α,β-unsaturated/α-hetero) is 1. The normalized spacial score (nSPS) is 11.9. The molecule has 1 rings (SSSR count). The molecule has 1 aromatic carbocycles. The molecule has 0 radical (unpaired) electrons. The number of hydrogen-bond acceptors (Lipinski definition) is 2. The van der Waals surface area contributed by atoms with Crippen molar-refractivity contribution in [1.82, 2.24) is 0 Å². The highest BCUT2D eigenvalue weighted by Crippen LogP contribution is 2.26. The van der Waals surface area contributed by atoms with E-state index in [0.29, 0.717) is 25.4 Å². The molecule has 0 atom stereocenters. The lowest BCUT2D eigenvalue weighted by atomic mass is 9.87. The zero-order chi connectivity index (χ0) is 14.5. The quantitative estimate of drug-likeness (QED) is 0.672. The third-order valence-electron chi connectivity index (χ3n) is 3.82. The first-order chi connectivity index (χ1) is 9.00. The highest BCUT2D eigenvalue weighted by molar-refractivity contribution is 6.02. The number of ether oxygens (including phenoxy) is 1. The molecule has 0 amide bonds. The lowest BCUT2D eigenvalue weighted by Gasteiger charge is -2.30. The molecule has 2 nitrogen and oxygen atoms in total. The van der Waals surface area contributed by atoms with Crippen molar-refractivity contribution >= 4 is 5.78 Å². The van der Waals surface area contributed by atoms with Crippen molar-refractivity contribution in [2.24, 2.45) is 0 Å². The Balaban J connectivity index is 3.03. The first-order valence-electron chi connectivity index (χ1n) is 7.29. The molecular weight excluding hydrogens is 236 g/mol. The van der Waals surface area contributed by atoms with Gasteiger partial charge in [0.25, 0.3) is 0 Å². The molecule has 0 aliphatic rings. The Morgan fingerprint density at radius 2 is 1.63 bits per heavy atom. The minimum Gasteiger partial charge on any atom is -0.367 e. The second kappa shape index (κ2) is 6.85. The summed E-state index contributed by atoms with van der Waals surface area (Å²) in [6, 6.07) is 7.94. The summed E-state index contributed by atoms with van der Waals surface area (Å²) in [5.41, 5.74) is 1.35. The maximum Gasteiger partial charge on any atom is 0.194 e. The van der Waals surface area contributed by atoms with E-state index in [1.165, 1.54) is 5.56 Å². The highest BCUT2D eigenvalue weighted by atomic mass is 16.5. The molecule has 106 valence electrons. The summed E-state index contributed by atoms with van der Waals surface area (Å²) >= 11 is 0. The van der Waals surface area contributed by atoms with Gasteiger partial charge in [-0.25, -0.2) is 0 Å². The van der Waals surface area contributed by atoms with Gasteiger partial charge < -0.3 is 4.74 Å². The van der Waals surface area contributed by atoms with Crippen molar-refractivity contribution in [2.75, 3.05) is 6.61 Å². The first kappa shape index (κ1) is 15.9. The van der Waals surface area contributed by atoms with Crippen LogP contribution < -0.4 is 0 Å². The Labute approximate surface area is 117 Å². The fraction of sp³-hybridized carbons (Fsp3) is 0.588. The fourth-order valence-corrected chi connectivity index (χ4v) is 2.40. The summed E-state index contributed by atoms with van der Waals surface area (Å²) in [6.07, 6.45) is 1.42. The van der Waals surface area contributed by atoms with Crippen molar-refractivity contribution in [2.45, 2.75) is 59.0 Å². The molecule has 0 N–H and O–H groups in total. The minimum absolute atomic E-state index is 0.106. The summed E-state index contributed by atoms with van der Waals surface area (Å²) < 4.78 is 5.77. The van der Waals surface area contributed by atoms with Crippen molar-refractivity contribution < 1.29 is 9.53 Å². The molecular formula is C17H26O2. The van der Waals surface area contributed by atoms with Crippen LogP contribution in [0.1, 0.15) is 69.3 Å². The molecule has 1 aromatic rings. The van der Waals surface area contributed by atoms with E-state index >= 15 is 0 Å². The van der Waals surface area contributed by atoms with E-state index in [9.17, 15) is 4.79 Å². The van der Waals surface area contributed by atoms with Gasteiger partial charge >= 0.3 is 0 Å². The Morgan fingerprint density at radius 1 is 1.11 bits per heavy atom. The van der Waals surface area contributed by atoms with Crippen LogP contribution in [0.25, 0.3) is 0 Å². The summed E-state index contributed by atoms with van der Waals surface area (Å²) in [6.45, 7) is 10.8. The summed E-state index contributed by atoms with van der Waals surface area (Å²) in [4.78, 5) is 12.7. The summed E-state index contributed by atoms with van der Waals surface area (Å²) in [5.74, 6) is 0.591. The van der Waals surface area contributed by atoms with Crippen LogP contribution >= 0.6 is 0 Å². The van der Waals surface area contributed by atoms with E-state index in [2.05, 4.69) is 13.8 Å². The van der Waals surface area contributed by atoms with Crippen LogP contribution in [0.4, 0.5) is 0 Å². The van der Waals surface area contributed by atoms with Crippen molar-refractivity contribution in [3.63, 3.8) is 0 Å². The van der Waals surface area contributed by atoms with Gasteiger partial charge in [0, 0.05) is 12.2 Å². The number of ketones is 1.